The summed E-state index contributed by atoms with van der Waals surface area (Å²) in [6.07, 6.45) is 3.26. The molecule has 0 saturated carbocycles. The van der Waals surface area contributed by atoms with Crippen LogP contribution in [0.1, 0.15) is 15.9 Å². The molecule has 104 valence electrons. The molecule has 1 aromatic carbocycles. The number of nitrogens with zero attached hydrogens (tertiary/aromatic N) is 2. The smallest absolute Gasteiger partial charge is 0.310 e. The molecule has 2 aromatic rings. The second-order valence-corrected chi connectivity index (χ2v) is 3.93. The lowest BCUT2D eigenvalue weighted by atomic mass is 10.1. The van der Waals surface area contributed by atoms with Gasteiger partial charge in [-0.15, -0.1) is 0 Å². The Morgan fingerprint density at radius 3 is 2.95 bits per heavy atom. The van der Waals surface area contributed by atoms with E-state index in [1.54, 1.807) is 12.4 Å². The van der Waals surface area contributed by atoms with Gasteiger partial charge in [0.05, 0.1) is 18.2 Å². The lowest BCUT2D eigenvalue weighted by Gasteiger charge is -2.06. The molecular weight excluding hydrogens is 264 g/mol. The maximum atomic E-state index is 11.9. The highest BCUT2D eigenvalue weighted by atomic mass is 16.6. The van der Waals surface area contributed by atoms with Gasteiger partial charge >= 0.3 is 5.69 Å². The molecule has 0 atom stereocenters. The van der Waals surface area contributed by atoms with Gasteiger partial charge in [-0.05, 0) is 6.07 Å². The minimum absolute atomic E-state index is 0.0472. The normalized spacial score (nSPS) is 10.1. The van der Waals surface area contributed by atoms with Gasteiger partial charge < -0.3 is 10.1 Å². The number of methoxy groups -OCH3 is 1. The Balaban J connectivity index is 2.12. The number of nitro benzene ring substituents is 1. The van der Waals surface area contributed by atoms with Crippen molar-refractivity contribution in [2.24, 2.45) is 0 Å². The Labute approximate surface area is 113 Å². The summed E-state index contributed by atoms with van der Waals surface area (Å²) >= 11 is 0. The van der Waals surface area contributed by atoms with Crippen LogP contribution in [0.5, 0.6) is 5.75 Å². The second kappa shape index (κ2) is 5.83. The minimum atomic E-state index is -0.564. The van der Waals surface area contributed by atoms with Crippen LogP contribution in [0.25, 0.3) is 0 Å². The number of hydrogen-bond acceptors (Lipinski definition) is 5. The first-order chi connectivity index (χ1) is 9.61. The van der Waals surface area contributed by atoms with Crippen molar-refractivity contribution in [3.05, 3.63) is 51.8 Å². The summed E-state index contributed by atoms with van der Waals surface area (Å²) in [4.78, 5) is 22.1. The van der Waals surface area contributed by atoms with Crippen LogP contribution in [-0.2, 0) is 6.54 Å². The Bertz CT molecular complexity index is 624. The highest BCUT2D eigenvalue weighted by Gasteiger charge is 2.17. The number of nitro groups is 1. The molecule has 1 amide bonds. The quantitative estimate of drug-likeness (QED) is 0.631. The fourth-order valence-corrected chi connectivity index (χ4v) is 1.63. The van der Waals surface area contributed by atoms with E-state index in [0.29, 0.717) is 6.54 Å². The van der Waals surface area contributed by atoms with E-state index in [4.69, 9.17) is 4.74 Å². The van der Waals surface area contributed by atoms with Crippen LogP contribution in [0.15, 0.2) is 30.6 Å². The molecule has 2 N–H and O–H groups in total. The number of aromatic amines is 1. The fraction of sp³-hybridized carbons (Fsp3) is 0.167. The van der Waals surface area contributed by atoms with Crippen LogP contribution in [0.4, 0.5) is 5.69 Å². The summed E-state index contributed by atoms with van der Waals surface area (Å²) in [5.41, 5.74) is 0.932. The van der Waals surface area contributed by atoms with Crippen LogP contribution in [0.3, 0.4) is 0 Å². The molecule has 1 heterocycles. The largest absolute Gasteiger partial charge is 0.490 e. The number of ether oxygens (including phenoxy) is 1. The number of rotatable bonds is 5. The predicted molar refractivity (Wildman–Crippen MR) is 69.4 cm³/mol. The van der Waals surface area contributed by atoms with Gasteiger partial charge in [-0.3, -0.25) is 20.0 Å². The van der Waals surface area contributed by atoms with E-state index < -0.39 is 4.92 Å². The Morgan fingerprint density at radius 1 is 1.55 bits per heavy atom. The maximum absolute atomic E-state index is 11.9. The van der Waals surface area contributed by atoms with E-state index in [1.807, 2.05) is 0 Å². The molecule has 0 radical (unpaired) electrons. The third kappa shape index (κ3) is 2.91. The summed E-state index contributed by atoms with van der Waals surface area (Å²) in [6.45, 7) is 0.314. The van der Waals surface area contributed by atoms with E-state index in [0.717, 1.165) is 5.56 Å². The van der Waals surface area contributed by atoms with Crippen LogP contribution in [0.2, 0.25) is 0 Å². The lowest BCUT2D eigenvalue weighted by Crippen LogP contribution is -2.22. The van der Waals surface area contributed by atoms with Crippen molar-refractivity contribution in [3.8, 4) is 5.75 Å². The summed E-state index contributed by atoms with van der Waals surface area (Å²) in [6, 6.07) is 3.96. The Kier molecular flexibility index (Phi) is 3.94. The molecule has 0 bridgehead atoms. The molecule has 0 aliphatic rings. The SMILES string of the molecule is COc1cc(C(=O)NCc2cn[nH]c2)ccc1[N+](=O)[O-]. The molecule has 0 aliphatic heterocycles. The van der Waals surface area contributed by atoms with Crippen LogP contribution in [0, 0.1) is 10.1 Å². The monoisotopic (exact) mass is 276 g/mol. The number of carbonyl (C=O) groups excluding carboxylic acids is 1. The highest BCUT2D eigenvalue weighted by Crippen LogP contribution is 2.27. The summed E-state index contributed by atoms with van der Waals surface area (Å²) in [5.74, 6) is -0.301. The Hall–Kier alpha value is -2.90. The number of carbonyl (C=O) groups is 1. The van der Waals surface area contributed by atoms with Crippen LogP contribution >= 0.6 is 0 Å². The molecule has 20 heavy (non-hydrogen) atoms. The van der Waals surface area contributed by atoms with Crippen LogP contribution in [-0.4, -0.2) is 28.1 Å². The summed E-state index contributed by atoms with van der Waals surface area (Å²) in [7, 11) is 1.31. The fourth-order valence-electron chi connectivity index (χ4n) is 1.63. The van der Waals surface area contributed by atoms with Crippen molar-refractivity contribution in [2.45, 2.75) is 6.54 Å². The Morgan fingerprint density at radius 2 is 2.35 bits per heavy atom. The number of H-pyrrole nitrogens is 1. The first-order valence-corrected chi connectivity index (χ1v) is 5.70. The molecule has 0 unspecified atom stereocenters. The molecule has 0 spiro atoms. The number of amides is 1. The maximum Gasteiger partial charge on any atom is 0.310 e. The number of hydrogen-bond donors (Lipinski definition) is 2. The third-order valence-electron chi connectivity index (χ3n) is 2.65. The van der Waals surface area contributed by atoms with Gasteiger partial charge in [0.2, 0.25) is 0 Å². The standard InChI is InChI=1S/C12H12N4O4/c1-20-11-4-9(2-3-10(11)16(18)19)12(17)13-5-8-6-14-15-7-8/h2-4,6-7H,5H2,1H3,(H,13,17)(H,14,15). The van der Waals surface area contributed by atoms with Crippen molar-refractivity contribution in [1.29, 1.82) is 0 Å². The third-order valence-corrected chi connectivity index (χ3v) is 2.65. The molecule has 8 nitrogen and oxygen atoms in total. The van der Waals surface area contributed by atoms with Crippen LogP contribution < -0.4 is 10.1 Å². The molecule has 0 aliphatic carbocycles. The summed E-state index contributed by atoms with van der Waals surface area (Å²) in [5, 5.41) is 19.8. The van der Waals surface area contributed by atoms with E-state index in [2.05, 4.69) is 15.5 Å². The van der Waals surface area contributed by atoms with Crippen molar-refractivity contribution in [3.63, 3.8) is 0 Å². The average molecular weight is 276 g/mol. The predicted octanol–water partition coefficient (Wildman–Crippen LogP) is 1.26. The zero-order valence-corrected chi connectivity index (χ0v) is 10.6. The van der Waals surface area contributed by atoms with Gasteiger partial charge in [-0.2, -0.15) is 5.10 Å². The average Bonchev–Trinajstić information content (AvgIpc) is 2.97. The zero-order chi connectivity index (χ0) is 14.5. The first kappa shape index (κ1) is 13.5. The number of benzene rings is 1. The summed E-state index contributed by atoms with van der Waals surface area (Å²) < 4.78 is 4.91. The van der Waals surface area contributed by atoms with Gasteiger partial charge in [-0.25, -0.2) is 0 Å². The van der Waals surface area contributed by atoms with Gasteiger partial charge in [-0.1, -0.05) is 0 Å². The number of nitrogens with one attached hydrogen (secondary N) is 2. The van der Waals surface area contributed by atoms with Gasteiger partial charge in [0.15, 0.2) is 5.75 Å². The van der Waals surface area contributed by atoms with E-state index in [1.165, 1.54) is 25.3 Å². The molecule has 8 heteroatoms. The molecule has 2 rings (SSSR count). The van der Waals surface area contributed by atoms with Crippen molar-refractivity contribution >= 4 is 11.6 Å². The van der Waals surface area contributed by atoms with Crippen molar-refractivity contribution < 1.29 is 14.5 Å². The zero-order valence-electron chi connectivity index (χ0n) is 10.6. The van der Waals surface area contributed by atoms with Crippen molar-refractivity contribution in [1.82, 2.24) is 15.5 Å². The topological polar surface area (TPSA) is 110 Å². The van der Waals surface area contributed by atoms with Gasteiger partial charge in [0, 0.05) is 36.0 Å². The highest BCUT2D eigenvalue weighted by molar-refractivity contribution is 5.95. The second-order valence-electron chi connectivity index (χ2n) is 3.93. The van der Waals surface area contributed by atoms with E-state index in [-0.39, 0.29) is 22.9 Å². The molecule has 0 saturated heterocycles. The van der Waals surface area contributed by atoms with Gasteiger partial charge in [0.25, 0.3) is 5.91 Å². The molecule has 0 fully saturated rings. The first-order valence-electron chi connectivity index (χ1n) is 5.70. The van der Waals surface area contributed by atoms with E-state index in [9.17, 15) is 14.9 Å². The lowest BCUT2D eigenvalue weighted by molar-refractivity contribution is -0.385. The minimum Gasteiger partial charge on any atom is -0.490 e. The molecular formula is C12H12N4O4. The van der Waals surface area contributed by atoms with Gasteiger partial charge in [0.1, 0.15) is 0 Å². The number of aromatic nitrogens is 2. The van der Waals surface area contributed by atoms with E-state index >= 15 is 0 Å². The molecule has 1 aromatic heterocycles. The van der Waals surface area contributed by atoms with Crippen molar-refractivity contribution in [2.75, 3.05) is 7.11 Å².